The molecule has 0 spiro atoms. The number of nitrogens with zero attached hydrogens (tertiary/aromatic N) is 3. The van der Waals surface area contributed by atoms with E-state index in [9.17, 15) is 13.5 Å². The molecule has 3 aromatic rings. The second kappa shape index (κ2) is 11.8. The normalized spacial score (nSPS) is 11.5. The summed E-state index contributed by atoms with van der Waals surface area (Å²) < 4.78 is 30.8. The minimum absolute atomic E-state index is 0.107. The van der Waals surface area contributed by atoms with Crippen molar-refractivity contribution in [2.75, 3.05) is 38.3 Å². The molecule has 4 N–H and O–H groups in total. The van der Waals surface area contributed by atoms with Gasteiger partial charge in [-0.1, -0.05) is 24.3 Å². The molecule has 0 fully saturated rings. The fraction of sp³-hybridized carbons (Fsp3) is 0.333. The van der Waals surface area contributed by atoms with Crippen LogP contribution in [0, 0.1) is 0 Å². The zero-order valence-corrected chi connectivity index (χ0v) is 20.3. The van der Waals surface area contributed by atoms with Crippen molar-refractivity contribution < 1.29 is 18.3 Å². The Morgan fingerprint density at radius 1 is 1.15 bits per heavy atom. The molecular weight excluding hydrogens is 454 g/mol. The number of anilines is 1. The van der Waals surface area contributed by atoms with Crippen LogP contribution in [0.5, 0.6) is 11.5 Å². The highest BCUT2D eigenvalue weighted by atomic mass is 32.2. The lowest BCUT2D eigenvalue weighted by Gasteiger charge is -2.20. The summed E-state index contributed by atoms with van der Waals surface area (Å²) in [6.45, 7) is 1.67. The van der Waals surface area contributed by atoms with E-state index in [1.54, 1.807) is 18.3 Å². The van der Waals surface area contributed by atoms with Crippen LogP contribution in [0.25, 0.3) is 11.3 Å². The number of methoxy groups -OCH3 is 1. The van der Waals surface area contributed by atoms with Crippen molar-refractivity contribution >= 4 is 16.0 Å². The van der Waals surface area contributed by atoms with Gasteiger partial charge in [-0.2, -0.15) is 4.31 Å². The van der Waals surface area contributed by atoms with Gasteiger partial charge in [-0.05, 0) is 54.8 Å². The first-order valence-electron chi connectivity index (χ1n) is 11.0. The van der Waals surface area contributed by atoms with E-state index in [1.165, 1.54) is 17.7 Å². The number of ether oxygens (including phenoxy) is 1. The minimum Gasteiger partial charge on any atom is -0.504 e. The van der Waals surface area contributed by atoms with E-state index in [0.29, 0.717) is 44.2 Å². The van der Waals surface area contributed by atoms with Crippen LogP contribution in [0.15, 0.2) is 54.7 Å². The second-order valence-electron chi connectivity index (χ2n) is 7.89. The Morgan fingerprint density at radius 2 is 1.97 bits per heavy atom. The molecule has 9 nitrogen and oxygen atoms in total. The molecule has 0 aliphatic heterocycles. The van der Waals surface area contributed by atoms with Gasteiger partial charge >= 0.3 is 0 Å². The average Bonchev–Trinajstić information content (AvgIpc) is 2.81. The first kappa shape index (κ1) is 25.4. The van der Waals surface area contributed by atoms with Crippen LogP contribution in [0.1, 0.15) is 17.5 Å². The molecular formula is C24H31N5O4S. The number of nitrogens with two attached hydrogens (primary N) is 1. The molecule has 0 saturated heterocycles. The summed E-state index contributed by atoms with van der Waals surface area (Å²) >= 11 is 0. The quantitative estimate of drug-likeness (QED) is 0.357. The molecule has 0 radical (unpaired) electrons. The summed E-state index contributed by atoms with van der Waals surface area (Å²) in [6, 6.07) is 14.8. The summed E-state index contributed by atoms with van der Waals surface area (Å²) in [5, 5.41) is 13.1. The number of benzene rings is 2. The summed E-state index contributed by atoms with van der Waals surface area (Å²) in [5.41, 5.74) is 8.98. The van der Waals surface area contributed by atoms with Crippen molar-refractivity contribution in [3.8, 4) is 22.8 Å². The molecule has 182 valence electrons. The van der Waals surface area contributed by atoms with Crippen LogP contribution in [0.4, 0.5) is 5.95 Å². The number of hydrogen-bond donors (Lipinski definition) is 3. The summed E-state index contributed by atoms with van der Waals surface area (Å²) in [4.78, 5) is 8.88. The second-order valence-corrected chi connectivity index (χ2v) is 9.87. The van der Waals surface area contributed by atoms with Gasteiger partial charge in [0.05, 0.1) is 19.1 Å². The Morgan fingerprint density at radius 3 is 2.68 bits per heavy atom. The molecule has 3 rings (SSSR count). The average molecular weight is 486 g/mol. The standard InChI is InChI=1S/C24H31N5O4S/c1-33-23-8-7-18(16-22(23)30)9-12-26-24-27-13-10-21(28-24)20-6-3-5-19(15-20)17-29(14-4-11-25)34(2,31)32/h3,5-8,10,13,15-16,30H,4,9,11-12,14,17,25H2,1-2H3,(H,26,27,28). The molecule has 2 aromatic carbocycles. The van der Waals surface area contributed by atoms with Gasteiger partial charge in [0.25, 0.3) is 0 Å². The van der Waals surface area contributed by atoms with E-state index < -0.39 is 10.0 Å². The Bertz CT molecular complexity index is 1200. The van der Waals surface area contributed by atoms with Gasteiger partial charge in [-0.25, -0.2) is 18.4 Å². The Kier molecular flexibility index (Phi) is 8.80. The van der Waals surface area contributed by atoms with Gasteiger partial charge in [0, 0.05) is 31.4 Å². The van der Waals surface area contributed by atoms with Gasteiger partial charge in [0.2, 0.25) is 16.0 Å². The topological polar surface area (TPSA) is 131 Å². The first-order valence-corrected chi connectivity index (χ1v) is 12.8. The monoisotopic (exact) mass is 485 g/mol. The minimum atomic E-state index is -3.34. The van der Waals surface area contributed by atoms with Crippen LogP contribution in [-0.4, -0.2) is 60.8 Å². The van der Waals surface area contributed by atoms with E-state index in [-0.39, 0.29) is 12.3 Å². The molecule has 0 unspecified atom stereocenters. The van der Waals surface area contributed by atoms with Crippen molar-refractivity contribution in [3.63, 3.8) is 0 Å². The fourth-order valence-corrected chi connectivity index (χ4v) is 4.32. The van der Waals surface area contributed by atoms with E-state index >= 15 is 0 Å². The number of hydrogen-bond acceptors (Lipinski definition) is 8. The maximum Gasteiger partial charge on any atom is 0.223 e. The fourth-order valence-electron chi connectivity index (χ4n) is 3.48. The van der Waals surface area contributed by atoms with Gasteiger partial charge in [0.15, 0.2) is 11.5 Å². The lowest BCUT2D eigenvalue weighted by molar-refractivity contribution is 0.373. The third kappa shape index (κ3) is 7.14. The summed E-state index contributed by atoms with van der Waals surface area (Å²) in [7, 11) is -1.83. The number of phenols is 1. The zero-order valence-electron chi connectivity index (χ0n) is 19.4. The van der Waals surface area contributed by atoms with E-state index in [2.05, 4.69) is 15.3 Å². The molecule has 0 aliphatic carbocycles. The van der Waals surface area contributed by atoms with E-state index in [1.807, 2.05) is 36.4 Å². The molecule has 10 heteroatoms. The Labute approximate surface area is 200 Å². The van der Waals surface area contributed by atoms with Gasteiger partial charge in [-0.3, -0.25) is 0 Å². The van der Waals surface area contributed by atoms with Crippen molar-refractivity contribution in [2.24, 2.45) is 5.73 Å². The highest BCUT2D eigenvalue weighted by molar-refractivity contribution is 7.88. The number of aromatic nitrogens is 2. The predicted octanol–water partition coefficient (Wildman–Crippen LogP) is 2.62. The van der Waals surface area contributed by atoms with Crippen LogP contribution >= 0.6 is 0 Å². The largest absolute Gasteiger partial charge is 0.504 e. The van der Waals surface area contributed by atoms with Crippen molar-refractivity contribution in [3.05, 3.63) is 65.9 Å². The SMILES string of the molecule is COc1ccc(CCNc2nccc(-c3cccc(CN(CCCN)S(C)(=O)=O)c3)n2)cc1O. The smallest absolute Gasteiger partial charge is 0.223 e. The summed E-state index contributed by atoms with van der Waals surface area (Å²) in [5.74, 6) is 1.03. The maximum atomic E-state index is 12.1. The number of sulfonamides is 1. The van der Waals surface area contributed by atoms with Crippen molar-refractivity contribution in [1.29, 1.82) is 0 Å². The van der Waals surface area contributed by atoms with Gasteiger partial charge < -0.3 is 20.9 Å². The molecule has 0 aliphatic rings. The Hall–Kier alpha value is -3.21. The lowest BCUT2D eigenvalue weighted by atomic mass is 10.1. The Balaban J connectivity index is 1.67. The summed E-state index contributed by atoms with van der Waals surface area (Å²) in [6.07, 6.45) is 4.16. The van der Waals surface area contributed by atoms with Crippen molar-refractivity contribution in [2.45, 2.75) is 19.4 Å². The van der Waals surface area contributed by atoms with Crippen LogP contribution in [0.2, 0.25) is 0 Å². The first-order chi connectivity index (χ1) is 16.3. The molecule has 34 heavy (non-hydrogen) atoms. The number of aromatic hydroxyl groups is 1. The predicted molar refractivity (Wildman–Crippen MR) is 133 cm³/mol. The zero-order chi connectivity index (χ0) is 24.6. The van der Waals surface area contributed by atoms with Gasteiger partial charge in [0.1, 0.15) is 0 Å². The highest BCUT2D eigenvalue weighted by Crippen LogP contribution is 2.26. The third-order valence-corrected chi connectivity index (χ3v) is 6.51. The van der Waals surface area contributed by atoms with Gasteiger partial charge in [-0.15, -0.1) is 0 Å². The van der Waals surface area contributed by atoms with Crippen LogP contribution < -0.4 is 15.8 Å². The van der Waals surface area contributed by atoms with E-state index in [0.717, 1.165) is 22.4 Å². The molecule has 1 heterocycles. The maximum absolute atomic E-state index is 12.1. The lowest BCUT2D eigenvalue weighted by Crippen LogP contribution is -2.31. The molecule has 0 saturated carbocycles. The highest BCUT2D eigenvalue weighted by Gasteiger charge is 2.16. The number of phenolic OH excluding ortho intramolecular Hbond substituents is 1. The number of nitrogens with one attached hydrogen (secondary N) is 1. The van der Waals surface area contributed by atoms with E-state index in [4.69, 9.17) is 10.5 Å². The van der Waals surface area contributed by atoms with Crippen LogP contribution in [-0.2, 0) is 23.0 Å². The molecule has 0 atom stereocenters. The third-order valence-electron chi connectivity index (χ3n) is 5.26. The van der Waals surface area contributed by atoms with Crippen LogP contribution in [0.3, 0.4) is 0 Å². The molecule has 1 aromatic heterocycles. The number of rotatable bonds is 12. The molecule has 0 bridgehead atoms. The van der Waals surface area contributed by atoms with Crippen molar-refractivity contribution in [1.82, 2.24) is 14.3 Å². The molecule has 0 amide bonds.